The normalized spacial score (nSPS) is 11.2. The van der Waals surface area contributed by atoms with Crippen LogP contribution in [0.15, 0.2) is 48.5 Å². The number of benzene rings is 2. The molecule has 0 saturated heterocycles. The van der Waals surface area contributed by atoms with E-state index in [0.29, 0.717) is 0 Å². The molecule has 4 heteroatoms. The molecule has 3 nitrogen and oxygen atoms in total. The van der Waals surface area contributed by atoms with Crippen LogP contribution in [0.2, 0.25) is 0 Å². The average molecular weight is 549 g/mol. The van der Waals surface area contributed by atoms with Crippen molar-refractivity contribution in [3.63, 3.8) is 0 Å². The summed E-state index contributed by atoms with van der Waals surface area (Å²) in [6.07, 6.45) is 24.1. The highest BCUT2D eigenvalue weighted by Crippen LogP contribution is 2.31. The van der Waals surface area contributed by atoms with Crippen molar-refractivity contribution in [2.24, 2.45) is 0 Å². The smallest absolute Gasteiger partial charge is 0.148 e. The molecule has 0 amide bonds. The summed E-state index contributed by atoms with van der Waals surface area (Å²) in [5.74, 6) is 0.937. The second-order valence-electron chi connectivity index (χ2n) is 11.0. The minimum Gasteiger partial charge on any atom is -0.494 e. The first-order valence-corrected chi connectivity index (χ1v) is 16.8. The third kappa shape index (κ3) is 12.7. The number of ether oxygens (including phenoxy) is 1. The summed E-state index contributed by atoms with van der Waals surface area (Å²) in [5.41, 5.74) is 3.68. The van der Waals surface area contributed by atoms with Crippen LogP contribution in [0, 0.1) is 0 Å². The topological polar surface area (TPSA) is 35.0 Å². The van der Waals surface area contributed by atoms with Crippen LogP contribution in [0.4, 0.5) is 0 Å². The first-order chi connectivity index (χ1) is 19.3. The monoisotopic (exact) mass is 548 g/mol. The molecule has 3 aromatic rings. The van der Waals surface area contributed by atoms with Gasteiger partial charge in [0.15, 0.2) is 0 Å². The number of rotatable bonds is 22. The lowest BCUT2D eigenvalue weighted by atomic mass is 10.0. The minimum absolute atomic E-state index is 0.797. The van der Waals surface area contributed by atoms with Gasteiger partial charge in [-0.05, 0) is 49.1 Å². The summed E-state index contributed by atoms with van der Waals surface area (Å²) in [5, 5.41) is 10.9. The molecule has 39 heavy (non-hydrogen) atoms. The lowest BCUT2D eigenvalue weighted by Gasteiger charge is -2.06. The van der Waals surface area contributed by atoms with Gasteiger partial charge in [-0.25, -0.2) is 0 Å². The zero-order valence-corrected chi connectivity index (χ0v) is 25.6. The zero-order valence-electron chi connectivity index (χ0n) is 24.8. The maximum absolute atomic E-state index is 5.95. The molecule has 3 rings (SSSR count). The second-order valence-corrected chi connectivity index (χ2v) is 12.0. The average Bonchev–Trinajstić information content (AvgIpc) is 3.46. The first kappa shape index (κ1) is 31.3. The third-order valence-electron chi connectivity index (χ3n) is 7.56. The van der Waals surface area contributed by atoms with Gasteiger partial charge < -0.3 is 4.74 Å². The van der Waals surface area contributed by atoms with Gasteiger partial charge >= 0.3 is 0 Å². The fourth-order valence-electron chi connectivity index (χ4n) is 5.03. The van der Waals surface area contributed by atoms with Gasteiger partial charge in [0.1, 0.15) is 15.8 Å². The van der Waals surface area contributed by atoms with Crippen LogP contribution in [0.25, 0.3) is 21.1 Å². The van der Waals surface area contributed by atoms with Crippen LogP contribution >= 0.6 is 11.3 Å². The Morgan fingerprint density at radius 3 is 1.46 bits per heavy atom. The van der Waals surface area contributed by atoms with E-state index in [2.05, 4.69) is 72.6 Å². The largest absolute Gasteiger partial charge is 0.494 e. The van der Waals surface area contributed by atoms with Crippen molar-refractivity contribution in [1.82, 2.24) is 10.2 Å². The van der Waals surface area contributed by atoms with Gasteiger partial charge in [-0.1, -0.05) is 146 Å². The Morgan fingerprint density at radius 2 is 0.949 bits per heavy atom. The molecule has 1 aromatic heterocycles. The fourth-order valence-corrected chi connectivity index (χ4v) is 5.88. The van der Waals surface area contributed by atoms with Crippen molar-refractivity contribution in [1.29, 1.82) is 0 Å². The van der Waals surface area contributed by atoms with E-state index in [4.69, 9.17) is 4.74 Å². The Hall–Kier alpha value is -2.20. The van der Waals surface area contributed by atoms with E-state index in [1.165, 1.54) is 115 Å². The van der Waals surface area contributed by atoms with Gasteiger partial charge in [-0.3, -0.25) is 0 Å². The Balaban J connectivity index is 1.33. The van der Waals surface area contributed by atoms with E-state index >= 15 is 0 Å². The van der Waals surface area contributed by atoms with Gasteiger partial charge in [0.05, 0.1) is 6.61 Å². The van der Waals surface area contributed by atoms with Crippen LogP contribution in [0.5, 0.6) is 5.75 Å². The van der Waals surface area contributed by atoms with Crippen molar-refractivity contribution in [2.75, 3.05) is 6.61 Å². The van der Waals surface area contributed by atoms with E-state index in [9.17, 15) is 0 Å². The van der Waals surface area contributed by atoms with E-state index in [1.807, 2.05) is 0 Å². The summed E-state index contributed by atoms with van der Waals surface area (Å²) in [6.45, 7) is 5.35. The summed E-state index contributed by atoms with van der Waals surface area (Å²) in [4.78, 5) is 0. The molecular formula is C35H52N2OS. The van der Waals surface area contributed by atoms with Gasteiger partial charge in [-0.2, -0.15) is 0 Å². The lowest BCUT2D eigenvalue weighted by molar-refractivity contribution is 0.304. The van der Waals surface area contributed by atoms with Crippen LogP contribution in [0.1, 0.15) is 129 Å². The molecule has 0 aliphatic rings. The van der Waals surface area contributed by atoms with E-state index in [1.54, 1.807) is 11.3 Å². The maximum Gasteiger partial charge on any atom is 0.148 e. The highest BCUT2D eigenvalue weighted by Gasteiger charge is 2.09. The van der Waals surface area contributed by atoms with Gasteiger partial charge in [0, 0.05) is 11.1 Å². The lowest BCUT2D eigenvalue weighted by Crippen LogP contribution is -1.97. The molecule has 0 N–H and O–H groups in total. The quantitative estimate of drug-likeness (QED) is 0.117. The zero-order chi connectivity index (χ0) is 27.4. The fraction of sp³-hybridized carbons (Fsp3) is 0.600. The Morgan fingerprint density at radius 1 is 0.513 bits per heavy atom. The summed E-state index contributed by atoms with van der Waals surface area (Å²) in [6, 6.07) is 17.2. The van der Waals surface area contributed by atoms with Crippen LogP contribution in [0.3, 0.4) is 0 Å². The molecule has 1 heterocycles. The molecular weight excluding hydrogens is 496 g/mol. The standard InChI is InChI=1S/C35H52N2OS/c1-3-5-7-9-11-12-13-14-16-18-20-30-21-23-31(24-22-30)34-36-37-35(39-34)32-25-27-33(28-26-32)38-29-19-17-15-10-8-6-4-2/h21-28H,3-20,29H2,1-2H3. The summed E-state index contributed by atoms with van der Waals surface area (Å²) >= 11 is 1.66. The number of nitrogens with zero attached hydrogens (tertiary/aromatic N) is 2. The molecule has 0 bridgehead atoms. The number of aryl methyl sites for hydroxylation is 1. The van der Waals surface area contributed by atoms with Gasteiger partial charge in [0.2, 0.25) is 0 Å². The molecule has 0 aliphatic heterocycles. The van der Waals surface area contributed by atoms with Crippen molar-refractivity contribution in [3.8, 4) is 26.9 Å². The van der Waals surface area contributed by atoms with Crippen molar-refractivity contribution in [2.45, 2.75) is 129 Å². The Kier molecular flexibility index (Phi) is 15.9. The molecule has 0 aliphatic carbocycles. The first-order valence-electron chi connectivity index (χ1n) is 16.0. The third-order valence-corrected chi connectivity index (χ3v) is 8.58. The highest BCUT2D eigenvalue weighted by atomic mass is 32.1. The van der Waals surface area contributed by atoms with E-state index < -0.39 is 0 Å². The van der Waals surface area contributed by atoms with Gasteiger partial charge in [0.25, 0.3) is 0 Å². The van der Waals surface area contributed by atoms with Gasteiger partial charge in [-0.15, -0.1) is 10.2 Å². The van der Waals surface area contributed by atoms with Crippen molar-refractivity contribution >= 4 is 11.3 Å². The number of hydrogen-bond acceptors (Lipinski definition) is 4. The number of unbranched alkanes of at least 4 members (excludes halogenated alkanes) is 15. The van der Waals surface area contributed by atoms with Crippen LogP contribution in [-0.4, -0.2) is 16.8 Å². The van der Waals surface area contributed by atoms with Crippen molar-refractivity contribution in [3.05, 3.63) is 54.1 Å². The second kappa shape index (κ2) is 19.8. The predicted molar refractivity (Wildman–Crippen MR) is 170 cm³/mol. The van der Waals surface area contributed by atoms with E-state index in [-0.39, 0.29) is 0 Å². The maximum atomic E-state index is 5.95. The predicted octanol–water partition coefficient (Wildman–Crippen LogP) is 11.5. The summed E-state index contributed by atoms with van der Waals surface area (Å²) < 4.78 is 5.95. The molecule has 0 fully saturated rings. The Labute approximate surface area is 242 Å². The molecule has 0 atom stereocenters. The highest BCUT2D eigenvalue weighted by molar-refractivity contribution is 7.17. The number of hydrogen-bond donors (Lipinski definition) is 0. The Bertz CT molecular complexity index is 996. The molecule has 0 unspecified atom stereocenters. The molecule has 214 valence electrons. The molecule has 0 spiro atoms. The molecule has 2 aromatic carbocycles. The molecule has 0 radical (unpaired) electrons. The number of aromatic nitrogens is 2. The van der Waals surface area contributed by atoms with Crippen molar-refractivity contribution < 1.29 is 4.74 Å². The summed E-state index contributed by atoms with van der Waals surface area (Å²) in [7, 11) is 0. The van der Waals surface area contributed by atoms with E-state index in [0.717, 1.165) is 39.9 Å². The minimum atomic E-state index is 0.797. The molecule has 0 saturated carbocycles. The van der Waals surface area contributed by atoms with Crippen LogP contribution in [-0.2, 0) is 6.42 Å². The SMILES string of the molecule is CCCCCCCCCCCCc1ccc(-c2nnc(-c3ccc(OCCCCCCCCC)cc3)s2)cc1. The van der Waals surface area contributed by atoms with Crippen LogP contribution < -0.4 is 4.74 Å².